The highest BCUT2D eigenvalue weighted by molar-refractivity contribution is 5.94. The van der Waals surface area contributed by atoms with Crippen LogP contribution in [0, 0.1) is 0 Å². The van der Waals surface area contributed by atoms with E-state index in [9.17, 15) is 14.4 Å². The van der Waals surface area contributed by atoms with Crippen molar-refractivity contribution in [2.75, 3.05) is 19.6 Å². The first-order valence-electron chi connectivity index (χ1n) is 13.0. The van der Waals surface area contributed by atoms with Crippen molar-refractivity contribution in [1.29, 1.82) is 0 Å². The number of hydrogen-bond acceptors (Lipinski definition) is 4. The third-order valence-electron chi connectivity index (χ3n) is 6.34. The van der Waals surface area contributed by atoms with Crippen LogP contribution in [0.5, 0.6) is 0 Å². The SMILES string of the molecule is [2H][C@@]1(C(=O)N[C@@](C)(Cc2ccccc2)C(=O)NCCCN)CCCN1C(=O)CCCc1ccccc1. The molecule has 2 aromatic rings. The van der Waals surface area contributed by atoms with Crippen molar-refractivity contribution in [3.63, 3.8) is 0 Å². The van der Waals surface area contributed by atoms with E-state index < -0.39 is 17.5 Å². The van der Waals surface area contributed by atoms with Gasteiger partial charge in [0.1, 0.15) is 11.6 Å². The minimum atomic E-state index is -1.74. The van der Waals surface area contributed by atoms with Gasteiger partial charge in [0.2, 0.25) is 17.7 Å². The van der Waals surface area contributed by atoms with Gasteiger partial charge in [0, 0.05) is 25.9 Å². The Morgan fingerprint density at radius 2 is 1.71 bits per heavy atom. The van der Waals surface area contributed by atoms with Crippen LogP contribution in [-0.2, 0) is 27.2 Å². The number of benzene rings is 2. The molecule has 1 fully saturated rings. The Morgan fingerprint density at radius 1 is 1.06 bits per heavy atom. The topological polar surface area (TPSA) is 105 Å². The molecule has 3 rings (SSSR count). The second-order valence-corrected chi connectivity index (χ2v) is 9.28. The van der Waals surface area contributed by atoms with Crippen LogP contribution >= 0.6 is 0 Å². The molecule has 188 valence electrons. The maximum Gasteiger partial charge on any atom is 0.245 e. The summed E-state index contributed by atoms with van der Waals surface area (Å²) in [5, 5.41) is 5.71. The Morgan fingerprint density at radius 3 is 2.37 bits per heavy atom. The van der Waals surface area contributed by atoms with Gasteiger partial charge >= 0.3 is 0 Å². The highest BCUT2D eigenvalue weighted by atomic mass is 16.2. The molecule has 0 saturated carbocycles. The molecule has 2 atom stereocenters. The minimum absolute atomic E-state index is 0.203. The lowest BCUT2D eigenvalue weighted by atomic mass is 9.91. The number of rotatable bonds is 12. The van der Waals surface area contributed by atoms with E-state index in [4.69, 9.17) is 7.10 Å². The number of likely N-dealkylation sites (tertiary alicyclic amines) is 1. The zero-order valence-corrected chi connectivity index (χ0v) is 20.6. The number of carbonyl (C=O) groups excluding carboxylic acids is 3. The highest BCUT2D eigenvalue weighted by Gasteiger charge is 2.40. The van der Waals surface area contributed by atoms with E-state index in [1.54, 1.807) is 6.92 Å². The first-order valence-corrected chi connectivity index (χ1v) is 12.5. The predicted octanol–water partition coefficient (Wildman–Crippen LogP) is 2.58. The average Bonchev–Trinajstić information content (AvgIpc) is 3.28. The van der Waals surface area contributed by atoms with Crippen molar-refractivity contribution in [1.82, 2.24) is 15.5 Å². The van der Waals surface area contributed by atoms with E-state index in [1.807, 2.05) is 60.7 Å². The lowest BCUT2D eigenvalue weighted by Crippen LogP contribution is -2.61. The van der Waals surface area contributed by atoms with E-state index in [1.165, 1.54) is 4.90 Å². The van der Waals surface area contributed by atoms with E-state index in [-0.39, 0.29) is 31.1 Å². The number of nitrogens with zero attached hydrogens (tertiary/aromatic N) is 1. The summed E-state index contributed by atoms with van der Waals surface area (Å²) in [5.74, 6) is -1.16. The van der Waals surface area contributed by atoms with E-state index in [2.05, 4.69) is 10.6 Å². The molecule has 7 nitrogen and oxygen atoms in total. The highest BCUT2D eigenvalue weighted by Crippen LogP contribution is 2.22. The Kier molecular flexibility index (Phi) is 9.29. The Labute approximate surface area is 209 Å². The molecule has 1 aliphatic rings. The van der Waals surface area contributed by atoms with Gasteiger partial charge in [-0.15, -0.1) is 0 Å². The van der Waals surface area contributed by atoms with Gasteiger partial charge in [-0.2, -0.15) is 0 Å². The summed E-state index contributed by atoms with van der Waals surface area (Å²) >= 11 is 0. The molecule has 1 saturated heterocycles. The monoisotopic (exact) mass is 479 g/mol. The van der Waals surface area contributed by atoms with Gasteiger partial charge in [-0.05, 0) is 56.7 Å². The van der Waals surface area contributed by atoms with Crippen molar-refractivity contribution in [2.24, 2.45) is 5.73 Å². The van der Waals surface area contributed by atoms with Crippen molar-refractivity contribution in [3.8, 4) is 0 Å². The molecular weight excluding hydrogens is 440 g/mol. The molecule has 0 unspecified atom stereocenters. The van der Waals surface area contributed by atoms with Gasteiger partial charge in [-0.3, -0.25) is 14.4 Å². The van der Waals surface area contributed by atoms with Crippen LogP contribution in [-0.4, -0.2) is 53.8 Å². The Balaban J connectivity index is 1.70. The summed E-state index contributed by atoms with van der Waals surface area (Å²) in [5.41, 5.74) is 6.30. The van der Waals surface area contributed by atoms with Crippen LogP contribution in [0.4, 0.5) is 0 Å². The van der Waals surface area contributed by atoms with Crippen LogP contribution in [0.3, 0.4) is 0 Å². The lowest BCUT2D eigenvalue weighted by molar-refractivity contribution is -0.141. The first-order chi connectivity index (χ1) is 17.3. The summed E-state index contributed by atoms with van der Waals surface area (Å²) in [6, 6.07) is 17.6. The molecule has 0 spiro atoms. The standard InChI is InChI=1S/C28H38N4O3/c1-28(27(35)30-19-10-18-29,21-23-13-6-3-7-14-23)31-26(34)24-16-9-20-32(24)25(33)17-8-15-22-11-4-2-5-12-22/h2-7,11-14,24H,8-10,15-21,29H2,1H3,(H,30,35)(H,31,34)/t24-,28-/m0/s1/i24D. The van der Waals surface area contributed by atoms with Crippen molar-refractivity contribution in [2.45, 2.75) is 63.4 Å². The normalized spacial score (nSPS) is 19.5. The summed E-state index contributed by atoms with van der Waals surface area (Å²) < 4.78 is 8.99. The van der Waals surface area contributed by atoms with Crippen molar-refractivity contribution < 1.29 is 15.8 Å². The molecule has 1 aliphatic heterocycles. The van der Waals surface area contributed by atoms with Crippen LogP contribution in [0.1, 0.15) is 51.5 Å². The molecule has 2 aromatic carbocycles. The fraction of sp³-hybridized carbons (Fsp3) is 0.464. The third-order valence-corrected chi connectivity index (χ3v) is 6.34. The maximum atomic E-state index is 13.5. The van der Waals surface area contributed by atoms with Crippen molar-refractivity contribution in [3.05, 3.63) is 71.8 Å². The van der Waals surface area contributed by atoms with Crippen LogP contribution < -0.4 is 16.4 Å². The fourth-order valence-electron chi connectivity index (χ4n) is 4.42. The molecule has 3 amide bonds. The number of hydrogen-bond donors (Lipinski definition) is 3. The van der Waals surface area contributed by atoms with Gasteiger partial charge in [-0.25, -0.2) is 0 Å². The fourth-order valence-corrected chi connectivity index (χ4v) is 4.42. The largest absolute Gasteiger partial charge is 0.354 e. The summed E-state index contributed by atoms with van der Waals surface area (Å²) in [7, 11) is 0. The van der Waals surface area contributed by atoms with Gasteiger partial charge in [0.25, 0.3) is 0 Å². The third kappa shape index (κ3) is 7.65. The van der Waals surface area contributed by atoms with E-state index in [0.29, 0.717) is 38.9 Å². The van der Waals surface area contributed by atoms with Crippen LogP contribution in [0.15, 0.2) is 60.7 Å². The first kappa shape index (κ1) is 24.9. The van der Waals surface area contributed by atoms with Crippen molar-refractivity contribution >= 4 is 17.7 Å². The summed E-state index contributed by atoms with van der Waals surface area (Å²) in [6.07, 6.45) is 3.36. The number of carbonyl (C=O) groups is 3. The second kappa shape index (κ2) is 13.0. The number of nitrogens with two attached hydrogens (primary N) is 1. The minimum Gasteiger partial charge on any atom is -0.354 e. The number of aryl methyl sites for hydroxylation is 1. The summed E-state index contributed by atoms with van der Waals surface area (Å²) in [6.45, 7) is 2.87. The summed E-state index contributed by atoms with van der Waals surface area (Å²) in [4.78, 5) is 41.1. The Hall–Kier alpha value is -3.19. The maximum absolute atomic E-state index is 13.5. The average molecular weight is 480 g/mol. The zero-order chi connectivity index (χ0) is 26.0. The van der Waals surface area contributed by atoms with Crippen LogP contribution in [0.2, 0.25) is 0 Å². The molecule has 0 radical (unpaired) electrons. The lowest BCUT2D eigenvalue weighted by Gasteiger charge is -2.33. The van der Waals surface area contributed by atoms with Gasteiger partial charge in [0.15, 0.2) is 0 Å². The molecule has 0 aliphatic carbocycles. The van der Waals surface area contributed by atoms with Gasteiger partial charge in [0.05, 0.1) is 1.37 Å². The van der Waals surface area contributed by atoms with Crippen LogP contribution in [0.25, 0.3) is 0 Å². The zero-order valence-electron chi connectivity index (χ0n) is 21.6. The molecule has 35 heavy (non-hydrogen) atoms. The number of amides is 3. The molecule has 0 bridgehead atoms. The number of nitrogens with one attached hydrogen (secondary N) is 2. The van der Waals surface area contributed by atoms with E-state index in [0.717, 1.165) is 17.5 Å². The molecule has 0 aromatic heterocycles. The molecule has 7 heteroatoms. The molecular formula is C28H38N4O3. The predicted molar refractivity (Wildman–Crippen MR) is 137 cm³/mol. The molecule has 1 heterocycles. The quantitative estimate of drug-likeness (QED) is 0.407. The van der Waals surface area contributed by atoms with Gasteiger partial charge in [-0.1, -0.05) is 60.7 Å². The van der Waals surface area contributed by atoms with E-state index >= 15 is 0 Å². The second-order valence-electron chi connectivity index (χ2n) is 9.28. The van der Waals surface area contributed by atoms with Gasteiger partial charge < -0.3 is 21.3 Å². The smallest absolute Gasteiger partial charge is 0.245 e. The Bertz CT molecular complexity index is 1020. The molecule has 4 N–H and O–H groups in total.